The van der Waals surface area contributed by atoms with Crippen LogP contribution in [0.2, 0.25) is 0 Å². The molecule has 0 unspecified atom stereocenters. The number of nitrogens with one attached hydrogen (secondary N) is 1. The smallest absolute Gasteiger partial charge is 0.132 e. The van der Waals surface area contributed by atoms with Gasteiger partial charge in [-0.25, -0.2) is 0 Å². The Balaban J connectivity index is 1.48. The predicted molar refractivity (Wildman–Crippen MR) is 105 cm³/mol. The largest absolute Gasteiger partial charge is 0.487 e. The lowest BCUT2D eigenvalue weighted by molar-refractivity contribution is 0.301. The lowest BCUT2D eigenvalue weighted by Gasteiger charge is -2.09. The molecule has 0 radical (unpaired) electrons. The molecular formula is C23H20N2O. The van der Waals surface area contributed by atoms with Gasteiger partial charge in [0, 0.05) is 0 Å². The molecule has 1 aromatic heterocycles. The molecule has 0 atom stereocenters. The molecule has 0 amide bonds. The molecule has 128 valence electrons. The first-order valence-electron chi connectivity index (χ1n) is 8.68. The zero-order chi connectivity index (χ0) is 17.8. The molecule has 26 heavy (non-hydrogen) atoms. The minimum Gasteiger partial charge on any atom is -0.487 e. The van der Waals surface area contributed by atoms with E-state index < -0.39 is 0 Å². The van der Waals surface area contributed by atoms with Crippen molar-refractivity contribution in [1.29, 1.82) is 0 Å². The van der Waals surface area contributed by atoms with Crippen LogP contribution in [0.15, 0.2) is 84.9 Å². The van der Waals surface area contributed by atoms with E-state index in [0.717, 1.165) is 28.3 Å². The highest BCUT2D eigenvalue weighted by atomic mass is 16.5. The Bertz CT molecular complexity index is 1010. The van der Waals surface area contributed by atoms with Crippen LogP contribution in [0.3, 0.4) is 0 Å². The number of H-pyrrole nitrogens is 1. The van der Waals surface area contributed by atoms with E-state index in [1.807, 2.05) is 36.4 Å². The summed E-state index contributed by atoms with van der Waals surface area (Å²) in [4.78, 5) is 0. The van der Waals surface area contributed by atoms with Gasteiger partial charge in [0.05, 0.1) is 5.69 Å². The minimum absolute atomic E-state index is 0.431. The summed E-state index contributed by atoms with van der Waals surface area (Å²) in [5, 5.41) is 7.43. The molecule has 3 nitrogen and oxygen atoms in total. The highest BCUT2D eigenvalue weighted by molar-refractivity contribution is 5.68. The van der Waals surface area contributed by atoms with Gasteiger partial charge in [0.15, 0.2) is 0 Å². The Morgan fingerprint density at radius 1 is 0.808 bits per heavy atom. The first-order chi connectivity index (χ1) is 12.8. The Hall–Kier alpha value is -3.33. The zero-order valence-electron chi connectivity index (χ0n) is 14.6. The van der Waals surface area contributed by atoms with Crippen LogP contribution in [0.5, 0.6) is 5.75 Å². The highest BCUT2D eigenvalue weighted by Gasteiger charge is 2.06. The minimum atomic E-state index is 0.431. The molecular weight excluding hydrogens is 320 g/mol. The molecule has 0 saturated carbocycles. The quantitative estimate of drug-likeness (QED) is 0.511. The maximum atomic E-state index is 5.96. The topological polar surface area (TPSA) is 37.9 Å². The standard InChI is InChI=1S/C23H20N2O/c1-17-8-5-6-13-22(17)19-11-7-12-21(14-19)26-16-20-15-23(25-24-20)18-9-3-2-4-10-18/h2-15H,16H2,1H3,(H,24,25). The molecule has 0 aliphatic rings. The number of hydrogen-bond donors (Lipinski definition) is 1. The summed E-state index contributed by atoms with van der Waals surface area (Å²) < 4.78 is 5.96. The van der Waals surface area contributed by atoms with Gasteiger partial charge in [0.2, 0.25) is 0 Å². The summed E-state index contributed by atoms with van der Waals surface area (Å²) in [7, 11) is 0. The van der Waals surface area contributed by atoms with Gasteiger partial charge in [-0.15, -0.1) is 0 Å². The van der Waals surface area contributed by atoms with Crippen LogP contribution < -0.4 is 4.74 Å². The second-order valence-electron chi connectivity index (χ2n) is 6.27. The van der Waals surface area contributed by atoms with E-state index in [1.165, 1.54) is 11.1 Å². The van der Waals surface area contributed by atoms with Crippen molar-refractivity contribution in [1.82, 2.24) is 10.2 Å². The van der Waals surface area contributed by atoms with Crippen LogP contribution in [0.4, 0.5) is 0 Å². The molecule has 0 fully saturated rings. The maximum Gasteiger partial charge on any atom is 0.132 e. The van der Waals surface area contributed by atoms with Crippen LogP contribution in [-0.4, -0.2) is 10.2 Å². The summed E-state index contributed by atoms with van der Waals surface area (Å²) in [6.45, 7) is 2.55. The van der Waals surface area contributed by atoms with E-state index >= 15 is 0 Å². The second-order valence-corrected chi connectivity index (χ2v) is 6.27. The molecule has 0 spiro atoms. The molecule has 0 bridgehead atoms. The fourth-order valence-electron chi connectivity index (χ4n) is 3.01. The Morgan fingerprint density at radius 3 is 2.42 bits per heavy atom. The summed E-state index contributed by atoms with van der Waals surface area (Å²) in [6, 6.07) is 28.7. The van der Waals surface area contributed by atoms with Crippen molar-refractivity contribution in [2.45, 2.75) is 13.5 Å². The molecule has 3 aromatic carbocycles. The number of nitrogens with zero attached hydrogens (tertiary/aromatic N) is 1. The van der Waals surface area contributed by atoms with E-state index in [9.17, 15) is 0 Å². The summed E-state index contributed by atoms with van der Waals surface area (Å²) >= 11 is 0. The Kier molecular flexibility index (Phi) is 4.52. The van der Waals surface area contributed by atoms with Gasteiger partial charge in [-0.05, 0) is 47.4 Å². The van der Waals surface area contributed by atoms with Gasteiger partial charge in [-0.1, -0.05) is 66.7 Å². The molecule has 3 heteroatoms. The van der Waals surface area contributed by atoms with Gasteiger partial charge in [0.25, 0.3) is 0 Å². The number of hydrogen-bond acceptors (Lipinski definition) is 2. The number of aromatic amines is 1. The Labute approximate surface area is 153 Å². The fraction of sp³-hybridized carbons (Fsp3) is 0.0870. The lowest BCUT2D eigenvalue weighted by Crippen LogP contribution is -1.96. The number of aryl methyl sites for hydroxylation is 1. The van der Waals surface area contributed by atoms with Crippen molar-refractivity contribution in [3.05, 3.63) is 96.2 Å². The van der Waals surface area contributed by atoms with E-state index in [-0.39, 0.29) is 0 Å². The van der Waals surface area contributed by atoms with Crippen molar-refractivity contribution in [2.24, 2.45) is 0 Å². The van der Waals surface area contributed by atoms with Crippen LogP contribution in [0.1, 0.15) is 11.3 Å². The first-order valence-corrected chi connectivity index (χ1v) is 8.68. The van der Waals surface area contributed by atoms with Crippen LogP contribution in [0, 0.1) is 6.92 Å². The van der Waals surface area contributed by atoms with Gasteiger partial charge in [-0.2, -0.15) is 5.10 Å². The van der Waals surface area contributed by atoms with Gasteiger partial charge < -0.3 is 4.74 Å². The zero-order valence-corrected chi connectivity index (χ0v) is 14.6. The van der Waals surface area contributed by atoms with E-state index in [2.05, 4.69) is 65.7 Å². The third-order valence-corrected chi connectivity index (χ3v) is 4.39. The molecule has 1 N–H and O–H groups in total. The van der Waals surface area contributed by atoms with Crippen LogP contribution in [0.25, 0.3) is 22.4 Å². The number of ether oxygens (including phenoxy) is 1. The normalized spacial score (nSPS) is 10.7. The monoisotopic (exact) mass is 340 g/mol. The molecule has 0 aliphatic heterocycles. The molecule has 4 aromatic rings. The van der Waals surface area contributed by atoms with Crippen molar-refractivity contribution in [3.63, 3.8) is 0 Å². The van der Waals surface area contributed by atoms with Gasteiger partial charge >= 0.3 is 0 Å². The van der Waals surface area contributed by atoms with E-state index in [1.54, 1.807) is 0 Å². The van der Waals surface area contributed by atoms with Gasteiger partial charge in [0.1, 0.15) is 18.1 Å². The van der Waals surface area contributed by atoms with Crippen LogP contribution >= 0.6 is 0 Å². The summed E-state index contributed by atoms with van der Waals surface area (Å²) in [6.07, 6.45) is 0. The molecule has 0 aliphatic carbocycles. The number of aromatic nitrogens is 2. The second kappa shape index (κ2) is 7.28. The lowest BCUT2D eigenvalue weighted by atomic mass is 10.0. The molecule has 1 heterocycles. The third-order valence-electron chi connectivity index (χ3n) is 4.39. The summed E-state index contributed by atoms with van der Waals surface area (Å²) in [5.74, 6) is 0.843. The van der Waals surface area contributed by atoms with E-state index in [4.69, 9.17) is 4.74 Å². The third kappa shape index (κ3) is 3.52. The number of benzene rings is 3. The SMILES string of the molecule is Cc1ccccc1-c1cccc(OCc2cc(-c3ccccc3)[nH]n2)c1. The number of rotatable bonds is 5. The molecule has 0 saturated heterocycles. The predicted octanol–water partition coefficient (Wildman–Crippen LogP) is 5.63. The average Bonchev–Trinajstić information content (AvgIpc) is 3.17. The van der Waals surface area contributed by atoms with Gasteiger partial charge in [-0.3, -0.25) is 5.10 Å². The Morgan fingerprint density at radius 2 is 1.58 bits per heavy atom. The van der Waals surface area contributed by atoms with Crippen molar-refractivity contribution in [2.75, 3.05) is 0 Å². The summed E-state index contributed by atoms with van der Waals surface area (Å²) in [5.41, 5.74) is 6.64. The van der Waals surface area contributed by atoms with Crippen molar-refractivity contribution >= 4 is 0 Å². The van der Waals surface area contributed by atoms with Crippen LogP contribution in [-0.2, 0) is 6.61 Å². The highest BCUT2D eigenvalue weighted by Crippen LogP contribution is 2.27. The fourth-order valence-corrected chi connectivity index (χ4v) is 3.01. The van der Waals surface area contributed by atoms with Crippen molar-refractivity contribution < 1.29 is 4.74 Å². The first kappa shape index (κ1) is 16.2. The average molecular weight is 340 g/mol. The maximum absolute atomic E-state index is 5.96. The van der Waals surface area contributed by atoms with Crippen molar-refractivity contribution in [3.8, 4) is 28.1 Å². The van der Waals surface area contributed by atoms with E-state index in [0.29, 0.717) is 6.61 Å². The molecule has 4 rings (SSSR count).